The van der Waals surface area contributed by atoms with Crippen molar-refractivity contribution in [3.63, 3.8) is 0 Å². The fourth-order valence-corrected chi connectivity index (χ4v) is 1.51. The molecule has 3 rings (SSSR count). The molecule has 5 heteroatoms. The predicted octanol–water partition coefficient (Wildman–Crippen LogP) is 2.66. The van der Waals surface area contributed by atoms with Crippen molar-refractivity contribution in [2.75, 3.05) is 0 Å². The molecular formula is C12H8FN3O. The third-order valence-corrected chi connectivity index (χ3v) is 2.29. The second kappa shape index (κ2) is 3.86. The number of fused-ring (bicyclic) bond motifs is 1. The van der Waals surface area contributed by atoms with Crippen molar-refractivity contribution >= 4 is 5.65 Å². The van der Waals surface area contributed by atoms with Gasteiger partial charge in [-0.2, -0.15) is 9.61 Å². The van der Waals surface area contributed by atoms with Crippen LogP contribution in [-0.4, -0.2) is 14.6 Å². The van der Waals surface area contributed by atoms with Crippen LogP contribution in [0.15, 0.2) is 48.8 Å². The Morgan fingerprint density at radius 3 is 2.65 bits per heavy atom. The summed E-state index contributed by atoms with van der Waals surface area (Å²) in [5.74, 6) is 0.789. The molecule has 0 aliphatic heterocycles. The maximum atomic E-state index is 12.7. The van der Waals surface area contributed by atoms with E-state index in [-0.39, 0.29) is 5.82 Å². The van der Waals surface area contributed by atoms with Crippen LogP contribution in [0, 0.1) is 5.82 Å². The van der Waals surface area contributed by atoms with E-state index in [1.807, 2.05) is 0 Å². The van der Waals surface area contributed by atoms with Gasteiger partial charge in [-0.15, -0.1) is 0 Å². The molecule has 17 heavy (non-hydrogen) atoms. The maximum absolute atomic E-state index is 12.7. The van der Waals surface area contributed by atoms with Gasteiger partial charge in [0.05, 0.1) is 6.20 Å². The van der Waals surface area contributed by atoms with Crippen molar-refractivity contribution in [3.05, 3.63) is 54.6 Å². The second-order valence-corrected chi connectivity index (χ2v) is 3.44. The third-order valence-electron chi connectivity index (χ3n) is 2.29. The molecule has 0 N–H and O–H groups in total. The summed E-state index contributed by atoms with van der Waals surface area (Å²) in [6, 6.07) is 9.28. The molecule has 0 aliphatic rings. The molecule has 2 heterocycles. The first-order chi connectivity index (χ1) is 8.33. The zero-order valence-electron chi connectivity index (χ0n) is 8.75. The van der Waals surface area contributed by atoms with Crippen LogP contribution < -0.4 is 4.74 Å². The number of hydrogen-bond donors (Lipinski definition) is 0. The highest BCUT2D eigenvalue weighted by molar-refractivity contribution is 5.39. The summed E-state index contributed by atoms with van der Waals surface area (Å²) in [6.07, 6.45) is 3.27. The topological polar surface area (TPSA) is 39.4 Å². The highest BCUT2D eigenvalue weighted by Crippen LogP contribution is 2.21. The van der Waals surface area contributed by atoms with E-state index in [0.717, 1.165) is 0 Å². The van der Waals surface area contributed by atoms with Crippen molar-refractivity contribution in [1.29, 1.82) is 0 Å². The van der Waals surface area contributed by atoms with Crippen molar-refractivity contribution in [2.45, 2.75) is 0 Å². The molecule has 0 spiro atoms. The number of nitrogens with zero attached hydrogens (tertiary/aromatic N) is 3. The minimum absolute atomic E-state index is 0.295. The molecule has 0 saturated carbocycles. The molecule has 84 valence electrons. The van der Waals surface area contributed by atoms with Crippen LogP contribution in [0.1, 0.15) is 0 Å². The monoisotopic (exact) mass is 229 g/mol. The lowest BCUT2D eigenvalue weighted by atomic mass is 10.3. The molecule has 0 aliphatic carbocycles. The van der Waals surface area contributed by atoms with Crippen LogP contribution in [0.2, 0.25) is 0 Å². The molecule has 0 amide bonds. The van der Waals surface area contributed by atoms with E-state index in [1.54, 1.807) is 41.2 Å². The zero-order chi connectivity index (χ0) is 11.7. The quantitative estimate of drug-likeness (QED) is 0.678. The first-order valence-corrected chi connectivity index (χ1v) is 5.05. The van der Waals surface area contributed by atoms with Crippen LogP contribution >= 0.6 is 0 Å². The molecule has 2 aromatic heterocycles. The Morgan fingerprint density at radius 2 is 1.82 bits per heavy atom. The van der Waals surface area contributed by atoms with Gasteiger partial charge in [0.1, 0.15) is 11.6 Å². The molecule has 0 saturated heterocycles. The Morgan fingerprint density at radius 1 is 1.00 bits per heavy atom. The lowest BCUT2D eigenvalue weighted by Crippen LogP contribution is -1.96. The number of ether oxygens (including phenoxy) is 1. The molecule has 0 bridgehead atoms. The highest BCUT2D eigenvalue weighted by atomic mass is 19.1. The van der Waals surface area contributed by atoms with Gasteiger partial charge in [-0.3, -0.25) is 0 Å². The van der Waals surface area contributed by atoms with E-state index >= 15 is 0 Å². The first kappa shape index (κ1) is 9.77. The van der Waals surface area contributed by atoms with E-state index in [9.17, 15) is 4.39 Å². The van der Waals surface area contributed by atoms with Gasteiger partial charge in [0.2, 0.25) is 5.88 Å². The Bertz CT molecular complexity index is 648. The SMILES string of the molecule is Fc1ccc(Oc2ccnc3ccnn23)cc1. The lowest BCUT2D eigenvalue weighted by molar-refractivity contribution is 0.444. The molecular weight excluding hydrogens is 221 g/mol. The molecule has 0 radical (unpaired) electrons. The van der Waals surface area contributed by atoms with Crippen molar-refractivity contribution in [2.24, 2.45) is 0 Å². The molecule has 0 fully saturated rings. The summed E-state index contributed by atoms with van der Waals surface area (Å²) in [6.45, 7) is 0. The van der Waals surface area contributed by atoms with Crippen LogP contribution in [0.5, 0.6) is 11.6 Å². The highest BCUT2D eigenvalue weighted by Gasteiger charge is 2.04. The standard InChI is InChI=1S/C12H8FN3O/c13-9-1-3-10(4-2-9)17-12-6-7-14-11-5-8-15-16(11)12/h1-8H. The van der Waals surface area contributed by atoms with Crippen molar-refractivity contribution < 1.29 is 9.13 Å². The maximum Gasteiger partial charge on any atom is 0.223 e. The van der Waals surface area contributed by atoms with Crippen molar-refractivity contribution in [1.82, 2.24) is 14.6 Å². The average Bonchev–Trinajstić information content (AvgIpc) is 2.81. The Labute approximate surface area is 96.3 Å². The summed E-state index contributed by atoms with van der Waals surface area (Å²) in [5.41, 5.74) is 0.699. The Hall–Kier alpha value is -2.43. The summed E-state index contributed by atoms with van der Waals surface area (Å²) < 4.78 is 19.9. The largest absolute Gasteiger partial charge is 0.439 e. The van der Waals surface area contributed by atoms with E-state index < -0.39 is 0 Å². The summed E-state index contributed by atoms with van der Waals surface area (Å²) >= 11 is 0. The fraction of sp³-hybridized carbons (Fsp3) is 0. The van der Waals surface area contributed by atoms with Crippen LogP contribution in [-0.2, 0) is 0 Å². The van der Waals surface area contributed by atoms with Gasteiger partial charge in [0, 0.05) is 18.3 Å². The minimum atomic E-state index is -0.295. The fourth-order valence-electron chi connectivity index (χ4n) is 1.51. The van der Waals surface area contributed by atoms with Gasteiger partial charge in [0.25, 0.3) is 0 Å². The Kier molecular flexibility index (Phi) is 2.22. The normalized spacial score (nSPS) is 10.6. The van der Waals surface area contributed by atoms with Gasteiger partial charge in [0.15, 0.2) is 5.65 Å². The lowest BCUT2D eigenvalue weighted by Gasteiger charge is -2.06. The molecule has 4 nitrogen and oxygen atoms in total. The minimum Gasteiger partial charge on any atom is -0.439 e. The predicted molar refractivity (Wildman–Crippen MR) is 59.5 cm³/mol. The number of halogens is 1. The summed E-state index contributed by atoms with van der Waals surface area (Å²) in [5, 5.41) is 4.09. The first-order valence-electron chi connectivity index (χ1n) is 5.05. The molecule has 0 atom stereocenters. The van der Waals surface area contributed by atoms with Gasteiger partial charge < -0.3 is 4.74 Å². The van der Waals surface area contributed by atoms with E-state index in [0.29, 0.717) is 17.3 Å². The Balaban J connectivity index is 1.99. The average molecular weight is 229 g/mol. The number of hydrogen-bond acceptors (Lipinski definition) is 3. The molecule has 1 aromatic carbocycles. The molecule has 0 unspecified atom stereocenters. The zero-order valence-corrected chi connectivity index (χ0v) is 8.75. The van der Waals surface area contributed by atoms with Gasteiger partial charge in [-0.05, 0) is 24.3 Å². The summed E-state index contributed by atoms with van der Waals surface area (Å²) in [4.78, 5) is 4.12. The van der Waals surface area contributed by atoms with Gasteiger partial charge in [-0.25, -0.2) is 9.37 Å². The van der Waals surface area contributed by atoms with Crippen LogP contribution in [0.3, 0.4) is 0 Å². The van der Waals surface area contributed by atoms with Crippen LogP contribution in [0.4, 0.5) is 4.39 Å². The molecule has 3 aromatic rings. The second-order valence-electron chi connectivity index (χ2n) is 3.44. The number of benzene rings is 1. The summed E-state index contributed by atoms with van der Waals surface area (Å²) in [7, 11) is 0. The van der Waals surface area contributed by atoms with E-state index in [2.05, 4.69) is 10.1 Å². The number of aromatic nitrogens is 3. The van der Waals surface area contributed by atoms with Gasteiger partial charge >= 0.3 is 0 Å². The van der Waals surface area contributed by atoms with E-state index in [4.69, 9.17) is 4.74 Å². The van der Waals surface area contributed by atoms with Crippen molar-refractivity contribution in [3.8, 4) is 11.6 Å². The van der Waals surface area contributed by atoms with Gasteiger partial charge in [-0.1, -0.05) is 0 Å². The number of rotatable bonds is 2. The smallest absolute Gasteiger partial charge is 0.223 e. The van der Waals surface area contributed by atoms with Crippen LogP contribution in [0.25, 0.3) is 5.65 Å². The van der Waals surface area contributed by atoms with E-state index in [1.165, 1.54) is 12.1 Å². The third kappa shape index (κ3) is 1.82.